The van der Waals surface area contributed by atoms with Crippen LogP contribution in [0.25, 0.3) is 22.0 Å². The lowest BCUT2D eigenvalue weighted by Gasteiger charge is -2.07. The number of aromatic amines is 1. The number of esters is 1. The molecule has 0 radical (unpaired) electrons. The third kappa shape index (κ3) is 5.55. The van der Waals surface area contributed by atoms with Crippen molar-refractivity contribution in [2.75, 3.05) is 0 Å². The summed E-state index contributed by atoms with van der Waals surface area (Å²) < 4.78 is 6.46. The van der Waals surface area contributed by atoms with E-state index < -0.39 is 16.8 Å². The summed E-state index contributed by atoms with van der Waals surface area (Å²) in [6.45, 7) is 0. The molecule has 0 spiro atoms. The molecule has 0 aliphatic heterocycles. The first-order chi connectivity index (χ1) is 18.9. The van der Waals surface area contributed by atoms with Crippen LogP contribution in [0.2, 0.25) is 0 Å². The number of H-pyrrole nitrogens is 1. The SMILES string of the molecule is O=C(Oc1ccccc1C=NNC(=O)c1[nH]c2c(I)cccc2c1-c1ccccc1)c1ccc([N+](=O)[O-])cc1. The zero-order valence-corrected chi connectivity index (χ0v) is 22.3. The van der Waals surface area contributed by atoms with E-state index in [1.54, 1.807) is 24.3 Å². The Hall–Kier alpha value is -4.84. The standard InChI is InChI=1S/C29H19IN4O5/c30-23-11-6-10-22-25(18-7-2-1-3-8-18)27(32-26(22)23)28(35)33-31-17-20-9-4-5-12-24(20)39-29(36)19-13-15-21(16-14-19)34(37)38/h1-17,32H,(H,33,35). The zero-order chi connectivity index (χ0) is 27.4. The molecule has 1 heterocycles. The van der Waals surface area contributed by atoms with Crippen LogP contribution >= 0.6 is 22.6 Å². The van der Waals surface area contributed by atoms with Gasteiger partial charge in [-0.2, -0.15) is 5.10 Å². The number of hydrogen-bond donors (Lipinski definition) is 2. The third-order valence-electron chi connectivity index (χ3n) is 5.88. The number of rotatable bonds is 7. The zero-order valence-electron chi connectivity index (χ0n) is 20.1. The van der Waals surface area contributed by atoms with Gasteiger partial charge in [0.05, 0.1) is 22.2 Å². The molecule has 0 unspecified atom stereocenters. The molecule has 0 aliphatic rings. The van der Waals surface area contributed by atoms with Crippen LogP contribution in [0.5, 0.6) is 5.75 Å². The first kappa shape index (κ1) is 25.8. The number of benzene rings is 4. The number of carbonyl (C=O) groups excluding carboxylic acids is 2. The van der Waals surface area contributed by atoms with E-state index in [9.17, 15) is 19.7 Å². The van der Waals surface area contributed by atoms with E-state index in [1.807, 2.05) is 48.5 Å². The van der Waals surface area contributed by atoms with E-state index in [2.05, 4.69) is 38.1 Å². The fourth-order valence-electron chi connectivity index (χ4n) is 4.03. The Balaban J connectivity index is 1.37. The third-order valence-corrected chi connectivity index (χ3v) is 6.78. The van der Waals surface area contributed by atoms with Crippen LogP contribution in [0, 0.1) is 13.7 Å². The first-order valence-corrected chi connectivity index (χ1v) is 12.7. The molecular weight excluding hydrogens is 611 g/mol. The molecule has 0 atom stereocenters. The summed E-state index contributed by atoms with van der Waals surface area (Å²) in [5.74, 6) is -0.906. The van der Waals surface area contributed by atoms with Crippen molar-refractivity contribution in [1.29, 1.82) is 0 Å². The van der Waals surface area contributed by atoms with Gasteiger partial charge in [-0.05, 0) is 58.5 Å². The minimum absolute atomic E-state index is 0.130. The van der Waals surface area contributed by atoms with Crippen LogP contribution < -0.4 is 10.2 Å². The monoisotopic (exact) mass is 630 g/mol. The molecular formula is C29H19IN4O5. The number of fused-ring (bicyclic) bond motifs is 1. The molecule has 2 N–H and O–H groups in total. The molecule has 0 aliphatic carbocycles. The van der Waals surface area contributed by atoms with Crippen molar-refractivity contribution >= 4 is 57.3 Å². The van der Waals surface area contributed by atoms with E-state index >= 15 is 0 Å². The number of nitrogens with zero attached hydrogens (tertiary/aromatic N) is 2. The van der Waals surface area contributed by atoms with Crippen LogP contribution in [-0.2, 0) is 0 Å². The molecule has 1 amide bonds. The van der Waals surface area contributed by atoms with Crippen molar-refractivity contribution < 1.29 is 19.2 Å². The number of ether oxygens (including phenoxy) is 1. The average Bonchev–Trinajstić information content (AvgIpc) is 3.35. The predicted molar refractivity (Wildman–Crippen MR) is 156 cm³/mol. The summed E-state index contributed by atoms with van der Waals surface area (Å²) in [6.07, 6.45) is 1.38. The Morgan fingerprint density at radius 3 is 2.38 bits per heavy atom. The topological polar surface area (TPSA) is 127 Å². The van der Waals surface area contributed by atoms with Gasteiger partial charge in [0, 0.05) is 32.2 Å². The number of para-hydroxylation sites is 2. The van der Waals surface area contributed by atoms with Gasteiger partial charge >= 0.3 is 5.97 Å². The van der Waals surface area contributed by atoms with Crippen LogP contribution in [0.1, 0.15) is 26.4 Å². The lowest BCUT2D eigenvalue weighted by atomic mass is 10.0. The van der Waals surface area contributed by atoms with Gasteiger partial charge in [0.2, 0.25) is 0 Å². The van der Waals surface area contributed by atoms with E-state index in [-0.39, 0.29) is 17.0 Å². The predicted octanol–water partition coefficient (Wildman–Crippen LogP) is 6.33. The highest BCUT2D eigenvalue weighted by Crippen LogP contribution is 2.34. The molecule has 192 valence electrons. The second-order valence-electron chi connectivity index (χ2n) is 8.33. The Morgan fingerprint density at radius 2 is 1.64 bits per heavy atom. The van der Waals surface area contributed by atoms with Crippen LogP contribution in [0.3, 0.4) is 0 Å². The highest BCUT2D eigenvalue weighted by atomic mass is 127. The molecule has 0 saturated heterocycles. The summed E-state index contributed by atoms with van der Waals surface area (Å²) in [7, 11) is 0. The molecule has 9 nitrogen and oxygen atoms in total. The molecule has 0 saturated carbocycles. The summed E-state index contributed by atoms with van der Waals surface area (Å²) >= 11 is 2.22. The number of carbonyl (C=O) groups is 2. The number of hydrogen-bond acceptors (Lipinski definition) is 6. The van der Waals surface area contributed by atoms with Gasteiger partial charge in [-0.25, -0.2) is 10.2 Å². The largest absolute Gasteiger partial charge is 0.422 e. The van der Waals surface area contributed by atoms with E-state index in [0.717, 1.165) is 25.6 Å². The normalized spacial score (nSPS) is 11.0. The summed E-state index contributed by atoms with van der Waals surface area (Å²) in [5.41, 5.74) is 5.92. The van der Waals surface area contributed by atoms with Gasteiger partial charge in [0.15, 0.2) is 0 Å². The maximum absolute atomic E-state index is 13.2. The van der Waals surface area contributed by atoms with Crippen LogP contribution in [0.4, 0.5) is 5.69 Å². The maximum Gasteiger partial charge on any atom is 0.343 e. The number of aromatic nitrogens is 1. The number of amides is 1. The van der Waals surface area contributed by atoms with Crippen molar-refractivity contribution in [3.63, 3.8) is 0 Å². The molecule has 4 aromatic carbocycles. The Morgan fingerprint density at radius 1 is 0.923 bits per heavy atom. The fraction of sp³-hybridized carbons (Fsp3) is 0. The fourth-order valence-corrected chi connectivity index (χ4v) is 4.66. The molecule has 10 heteroatoms. The molecule has 0 bridgehead atoms. The van der Waals surface area contributed by atoms with E-state index in [0.29, 0.717) is 11.3 Å². The maximum atomic E-state index is 13.2. The minimum atomic E-state index is -0.685. The number of non-ortho nitro benzene ring substituents is 1. The van der Waals surface area contributed by atoms with Gasteiger partial charge in [-0.15, -0.1) is 0 Å². The lowest BCUT2D eigenvalue weighted by Crippen LogP contribution is -2.19. The van der Waals surface area contributed by atoms with Crippen LogP contribution in [0.15, 0.2) is 102 Å². The lowest BCUT2D eigenvalue weighted by molar-refractivity contribution is -0.384. The van der Waals surface area contributed by atoms with E-state index in [1.165, 1.54) is 30.5 Å². The Kier molecular flexibility index (Phi) is 7.46. The van der Waals surface area contributed by atoms with Crippen molar-refractivity contribution in [2.45, 2.75) is 0 Å². The number of nitrogens with one attached hydrogen (secondary N) is 2. The van der Waals surface area contributed by atoms with Gasteiger partial charge < -0.3 is 9.72 Å². The summed E-state index contributed by atoms with van der Waals surface area (Å²) in [6, 6.07) is 27.3. The van der Waals surface area contributed by atoms with Crippen molar-refractivity contribution in [1.82, 2.24) is 10.4 Å². The van der Waals surface area contributed by atoms with Gasteiger partial charge in [-0.3, -0.25) is 14.9 Å². The van der Waals surface area contributed by atoms with Crippen LogP contribution in [-0.4, -0.2) is 28.0 Å². The molecule has 5 aromatic rings. The van der Waals surface area contributed by atoms with E-state index in [4.69, 9.17) is 4.74 Å². The van der Waals surface area contributed by atoms with Crippen molar-refractivity contribution in [3.05, 3.63) is 128 Å². The number of hydrazone groups is 1. The first-order valence-electron chi connectivity index (χ1n) is 11.7. The average molecular weight is 630 g/mol. The second kappa shape index (κ2) is 11.3. The minimum Gasteiger partial charge on any atom is -0.422 e. The smallest absolute Gasteiger partial charge is 0.343 e. The number of nitro groups is 1. The summed E-state index contributed by atoms with van der Waals surface area (Å²) in [4.78, 5) is 39.4. The number of halogens is 1. The highest BCUT2D eigenvalue weighted by Gasteiger charge is 2.20. The highest BCUT2D eigenvalue weighted by molar-refractivity contribution is 14.1. The second-order valence-corrected chi connectivity index (χ2v) is 9.50. The molecule has 0 fully saturated rings. The molecule has 5 rings (SSSR count). The molecule has 39 heavy (non-hydrogen) atoms. The van der Waals surface area contributed by atoms with Crippen molar-refractivity contribution in [3.8, 4) is 16.9 Å². The van der Waals surface area contributed by atoms with Gasteiger partial charge in [-0.1, -0.05) is 54.6 Å². The quantitative estimate of drug-likeness (QED) is 0.0543. The van der Waals surface area contributed by atoms with Gasteiger partial charge in [0.25, 0.3) is 11.6 Å². The van der Waals surface area contributed by atoms with Crippen molar-refractivity contribution in [2.24, 2.45) is 5.10 Å². The Labute approximate surface area is 235 Å². The summed E-state index contributed by atoms with van der Waals surface area (Å²) in [5, 5.41) is 15.9. The molecule has 1 aromatic heterocycles. The van der Waals surface area contributed by atoms with Gasteiger partial charge in [0.1, 0.15) is 11.4 Å². The Bertz CT molecular complexity index is 1730. The number of nitro benzene ring substituents is 1.